The number of carbonyl (C=O) groups is 2. The summed E-state index contributed by atoms with van der Waals surface area (Å²) in [5.41, 5.74) is 9.02. The summed E-state index contributed by atoms with van der Waals surface area (Å²) in [5, 5.41) is 2.87. The maximum absolute atomic E-state index is 11.2. The fourth-order valence-corrected chi connectivity index (χ4v) is 2.16. The van der Waals surface area contributed by atoms with Crippen LogP contribution in [0.5, 0.6) is 0 Å². The van der Waals surface area contributed by atoms with Crippen molar-refractivity contribution in [2.24, 2.45) is 17.4 Å². The van der Waals surface area contributed by atoms with Gasteiger partial charge in [0.05, 0.1) is 0 Å². The summed E-state index contributed by atoms with van der Waals surface area (Å²) in [7, 11) is 0. The van der Waals surface area contributed by atoms with Crippen molar-refractivity contribution in [2.75, 3.05) is 0 Å². The fraction of sp³-hybridized carbons (Fsp3) is 0.500. The zero-order chi connectivity index (χ0) is 9.64. The molecule has 2 rings (SSSR count). The van der Waals surface area contributed by atoms with Crippen LogP contribution in [0.3, 0.4) is 0 Å². The minimum atomic E-state index is -1.35. The van der Waals surface area contributed by atoms with E-state index < -0.39 is 17.4 Å². The summed E-state index contributed by atoms with van der Waals surface area (Å²) >= 11 is 0. The molecule has 1 heterocycles. The molecule has 0 aromatic carbocycles. The summed E-state index contributed by atoms with van der Waals surface area (Å²) in [6.07, 6.45) is 4.48. The number of rotatable bonds is 2. The van der Waals surface area contributed by atoms with Crippen LogP contribution in [0.15, 0.2) is 12.2 Å². The molecule has 5 nitrogen and oxygen atoms in total. The Bertz CT molecular complexity index is 297. The highest BCUT2D eigenvalue weighted by molar-refractivity contribution is 6.09. The number of carbonyl (C=O) groups excluding carboxylic acids is 2. The molecular weight excluding hydrogens is 170 g/mol. The molecule has 0 unspecified atom stereocenters. The molecule has 0 aromatic heterocycles. The van der Waals surface area contributed by atoms with E-state index >= 15 is 0 Å². The highest BCUT2D eigenvalue weighted by Crippen LogP contribution is 2.36. The van der Waals surface area contributed by atoms with E-state index in [2.05, 4.69) is 5.32 Å². The first-order valence-electron chi connectivity index (χ1n) is 4.13. The van der Waals surface area contributed by atoms with Gasteiger partial charge in [0.2, 0.25) is 11.8 Å². The average Bonchev–Trinajstić information content (AvgIpc) is 2.61. The van der Waals surface area contributed by atoms with E-state index in [0.717, 1.165) is 6.42 Å². The Morgan fingerprint density at radius 1 is 1.31 bits per heavy atom. The van der Waals surface area contributed by atoms with Gasteiger partial charge in [-0.15, -0.1) is 0 Å². The van der Waals surface area contributed by atoms with Crippen LogP contribution in [-0.2, 0) is 9.59 Å². The van der Waals surface area contributed by atoms with E-state index in [0.29, 0.717) is 0 Å². The molecule has 0 aromatic rings. The third-order valence-corrected chi connectivity index (χ3v) is 2.83. The van der Waals surface area contributed by atoms with E-state index in [1.807, 2.05) is 12.2 Å². The van der Waals surface area contributed by atoms with Crippen molar-refractivity contribution in [2.45, 2.75) is 18.0 Å². The van der Waals surface area contributed by atoms with Crippen LogP contribution < -0.4 is 16.8 Å². The van der Waals surface area contributed by atoms with Crippen molar-refractivity contribution in [1.82, 2.24) is 5.32 Å². The van der Waals surface area contributed by atoms with Crippen LogP contribution in [0.2, 0.25) is 0 Å². The van der Waals surface area contributed by atoms with Gasteiger partial charge in [-0.25, -0.2) is 0 Å². The summed E-state index contributed by atoms with van der Waals surface area (Å²) in [5.74, 6) is -1.54. The highest BCUT2D eigenvalue weighted by atomic mass is 16.2. The predicted molar refractivity (Wildman–Crippen MR) is 45.3 cm³/mol. The van der Waals surface area contributed by atoms with Crippen molar-refractivity contribution < 1.29 is 9.59 Å². The van der Waals surface area contributed by atoms with Gasteiger partial charge in [-0.1, -0.05) is 12.2 Å². The lowest BCUT2D eigenvalue weighted by Gasteiger charge is -2.29. The first-order valence-corrected chi connectivity index (χ1v) is 4.13. The van der Waals surface area contributed by atoms with Gasteiger partial charge in [-0.2, -0.15) is 0 Å². The minimum absolute atomic E-state index is 0.0602. The molecule has 1 aliphatic heterocycles. The smallest absolute Gasteiger partial charge is 0.248 e. The minimum Gasteiger partial charge on any atom is -0.368 e. The van der Waals surface area contributed by atoms with Crippen LogP contribution in [0.4, 0.5) is 0 Å². The normalized spacial score (nSPS) is 33.5. The van der Waals surface area contributed by atoms with Crippen LogP contribution in [-0.4, -0.2) is 23.4 Å². The molecule has 70 valence electrons. The summed E-state index contributed by atoms with van der Waals surface area (Å²) in [6, 6.07) is 0.0602. The number of amides is 2. The first-order chi connectivity index (χ1) is 6.07. The monoisotopic (exact) mass is 181 g/mol. The molecule has 5 heteroatoms. The second kappa shape index (κ2) is 2.32. The second-order valence-electron chi connectivity index (χ2n) is 3.51. The Kier molecular flexibility index (Phi) is 1.47. The van der Waals surface area contributed by atoms with Gasteiger partial charge in [0.15, 0.2) is 5.54 Å². The zero-order valence-corrected chi connectivity index (χ0v) is 6.99. The topological polar surface area (TPSA) is 98.2 Å². The molecule has 2 atom stereocenters. The van der Waals surface area contributed by atoms with E-state index in [1.54, 1.807) is 0 Å². The maximum atomic E-state index is 11.2. The van der Waals surface area contributed by atoms with E-state index in [1.165, 1.54) is 0 Å². The molecule has 2 bridgehead atoms. The molecule has 2 aliphatic rings. The molecule has 1 aliphatic carbocycles. The van der Waals surface area contributed by atoms with Gasteiger partial charge >= 0.3 is 0 Å². The van der Waals surface area contributed by atoms with Crippen LogP contribution in [0.25, 0.3) is 0 Å². The quantitative estimate of drug-likeness (QED) is 0.348. The number of nitrogens with one attached hydrogen (secondary N) is 1. The van der Waals surface area contributed by atoms with E-state index in [4.69, 9.17) is 11.5 Å². The van der Waals surface area contributed by atoms with Gasteiger partial charge in [0.1, 0.15) is 0 Å². The third-order valence-electron chi connectivity index (χ3n) is 2.83. The van der Waals surface area contributed by atoms with Gasteiger partial charge in [-0.05, 0) is 6.42 Å². The molecule has 0 radical (unpaired) electrons. The van der Waals surface area contributed by atoms with E-state index in [-0.39, 0.29) is 12.0 Å². The van der Waals surface area contributed by atoms with E-state index in [9.17, 15) is 9.59 Å². The van der Waals surface area contributed by atoms with Crippen molar-refractivity contribution in [3.8, 4) is 0 Å². The summed E-state index contributed by atoms with van der Waals surface area (Å²) < 4.78 is 0. The van der Waals surface area contributed by atoms with Crippen molar-refractivity contribution in [3.05, 3.63) is 12.2 Å². The Hall–Kier alpha value is -1.36. The first kappa shape index (κ1) is 8.25. The Morgan fingerprint density at radius 3 is 2.15 bits per heavy atom. The molecule has 13 heavy (non-hydrogen) atoms. The van der Waals surface area contributed by atoms with Crippen LogP contribution >= 0.6 is 0 Å². The molecule has 0 spiro atoms. The Balaban J connectivity index is 2.42. The summed E-state index contributed by atoms with van der Waals surface area (Å²) in [6.45, 7) is 0. The molecule has 1 saturated heterocycles. The number of hydrogen-bond acceptors (Lipinski definition) is 3. The lowest BCUT2D eigenvalue weighted by atomic mass is 9.85. The standard InChI is InChI=1S/C8H11N3O2/c9-6(12)8(7(10)13)4-1-2-5(3-4)11-8/h1-2,4-5,11H,3H2,(H2,9,12)(H2,10,13)/t4-,5+/m1/s1. The number of fused-ring (bicyclic) bond motifs is 2. The largest absolute Gasteiger partial charge is 0.368 e. The molecule has 0 saturated carbocycles. The molecule has 2 amide bonds. The average molecular weight is 181 g/mol. The third kappa shape index (κ3) is 0.846. The van der Waals surface area contributed by atoms with Gasteiger partial charge in [0, 0.05) is 12.0 Å². The number of primary amides is 2. The van der Waals surface area contributed by atoms with Gasteiger partial charge in [0.25, 0.3) is 0 Å². The van der Waals surface area contributed by atoms with Crippen LogP contribution in [0.1, 0.15) is 6.42 Å². The Labute approximate surface area is 75.1 Å². The molecule has 5 N–H and O–H groups in total. The number of nitrogens with two attached hydrogens (primary N) is 2. The van der Waals surface area contributed by atoms with Crippen molar-refractivity contribution >= 4 is 11.8 Å². The van der Waals surface area contributed by atoms with Gasteiger partial charge in [-0.3, -0.25) is 14.9 Å². The molecular formula is C8H11N3O2. The van der Waals surface area contributed by atoms with Gasteiger partial charge < -0.3 is 11.5 Å². The predicted octanol–water partition coefficient (Wildman–Crippen LogP) is -1.76. The van der Waals surface area contributed by atoms with Crippen molar-refractivity contribution in [1.29, 1.82) is 0 Å². The number of hydrogen-bond donors (Lipinski definition) is 3. The fourth-order valence-electron chi connectivity index (χ4n) is 2.16. The van der Waals surface area contributed by atoms with Crippen molar-refractivity contribution in [3.63, 3.8) is 0 Å². The lowest BCUT2D eigenvalue weighted by molar-refractivity contribution is -0.136. The second-order valence-corrected chi connectivity index (χ2v) is 3.51. The molecule has 1 fully saturated rings. The maximum Gasteiger partial charge on any atom is 0.248 e. The lowest BCUT2D eigenvalue weighted by Crippen LogP contribution is -2.65. The zero-order valence-electron chi connectivity index (χ0n) is 6.99. The SMILES string of the molecule is NC(=O)C1(C(N)=O)N[C@H]2C=C[C@@H]1C2. The van der Waals surface area contributed by atoms with Crippen LogP contribution in [0, 0.1) is 5.92 Å². The Morgan fingerprint density at radius 2 is 1.92 bits per heavy atom. The highest BCUT2D eigenvalue weighted by Gasteiger charge is 2.56. The summed E-state index contributed by atoms with van der Waals surface area (Å²) in [4.78, 5) is 22.4.